The van der Waals surface area contributed by atoms with Crippen LogP contribution in [0, 0.1) is 0 Å². The van der Waals surface area contributed by atoms with Gasteiger partial charge in [-0.1, -0.05) is 36.7 Å². The van der Waals surface area contributed by atoms with Crippen LogP contribution in [0.2, 0.25) is 0 Å². The number of methoxy groups -OCH3 is 1. The Morgan fingerprint density at radius 3 is 2.96 bits per heavy atom. The Labute approximate surface area is 158 Å². The van der Waals surface area contributed by atoms with Crippen molar-refractivity contribution in [3.8, 4) is 5.75 Å². The van der Waals surface area contributed by atoms with Gasteiger partial charge in [0.2, 0.25) is 5.91 Å². The quantitative estimate of drug-likeness (QED) is 0.563. The summed E-state index contributed by atoms with van der Waals surface area (Å²) >= 11 is 1.40. The van der Waals surface area contributed by atoms with Crippen molar-refractivity contribution < 1.29 is 9.53 Å². The van der Waals surface area contributed by atoms with Crippen LogP contribution < -0.4 is 10.1 Å². The predicted octanol–water partition coefficient (Wildman–Crippen LogP) is 3.86. The molecule has 26 heavy (non-hydrogen) atoms. The second-order valence-electron chi connectivity index (χ2n) is 6.29. The van der Waals surface area contributed by atoms with E-state index < -0.39 is 0 Å². The third-order valence-corrected chi connectivity index (χ3v) is 5.43. The molecule has 1 heterocycles. The smallest absolute Gasteiger partial charge is 0.234 e. The largest absolute Gasteiger partial charge is 0.497 e. The maximum atomic E-state index is 12.3. The van der Waals surface area contributed by atoms with Gasteiger partial charge in [0, 0.05) is 24.2 Å². The molecule has 1 aromatic heterocycles. The number of nitrogens with zero attached hydrogens (tertiary/aromatic N) is 3. The molecule has 2 aromatic rings. The summed E-state index contributed by atoms with van der Waals surface area (Å²) in [6.45, 7) is 4.50. The molecule has 3 rings (SSSR count). The van der Waals surface area contributed by atoms with E-state index in [4.69, 9.17) is 4.74 Å². The zero-order chi connectivity index (χ0) is 18.4. The number of allylic oxidation sites excluding steroid dienone is 1. The lowest BCUT2D eigenvalue weighted by Crippen LogP contribution is -2.15. The normalized spacial score (nSPS) is 14.3. The molecule has 7 heteroatoms. The van der Waals surface area contributed by atoms with E-state index in [1.54, 1.807) is 13.2 Å². The summed E-state index contributed by atoms with van der Waals surface area (Å²) in [4.78, 5) is 12.3. The zero-order valence-corrected chi connectivity index (χ0v) is 15.8. The molecule has 1 aliphatic carbocycles. The van der Waals surface area contributed by atoms with Crippen LogP contribution in [0.15, 0.2) is 42.1 Å². The molecule has 1 fully saturated rings. The Kier molecular flexibility index (Phi) is 6.33. The molecule has 0 aliphatic heterocycles. The first-order chi connectivity index (χ1) is 12.7. The van der Waals surface area contributed by atoms with Gasteiger partial charge in [-0.15, -0.1) is 16.8 Å². The van der Waals surface area contributed by atoms with E-state index >= 15 is 0 Å². The Bertz CT molecular complexity index is 769. The number of carbonyl (C=O) groups is 1. The van der Waals surface area contributed by atoms with Gasteiger partial charge in [0.25, 0.3) is 0 Å². The predicted molar refractivity (Wildman–Crippen MR) is 104 cm³/mol. The summed E-state index contributed by atoms with van der Waals surface area (Å²) in [5, 5.41) is 12.4. The highest BCUT2D eigenvalue weighted by Gasteiger charge is 2.24. The summed E-state index contributed by atoms with van der Waals surface area (Å²) in [7, 11) is 1.60. The van der Waals surface area contributed by atoms with Crippen LogP contribution in [-0.4, -0.2) is 33.5 Å². The van der Waals surface area contributed by atoms with Gasteiger partial charge >= 0.3 is 0 Å². The van der Waals surface area contributed by atoms with Gasteiger partial charge < -0.3 is 14.6 Å². The van der Waals surface area contributed by atoms with Crippen molar-refractivity contribution in [3.63, 3.8) is 0 Å². The Hall–Kier alpha value is -2.28. The summed E-state index contributed by atoms with van der Waals surface area (Å²) in [6, 6.07) is 7.31. The first kappa shape index (κ1) is 18.5. The highest BCUT2D eigenvalue weighted by Crippen LogP contribution is 2.34. The third kappa shape index (κ3) is 4.46. The number of aromatic nitrogens is 3. The summed E-state index contributed by atoms with van der Waals surface area (Å²) in [6.07, 6.45) is 6.67. The van der Waals surface area contributed by atoms with E-state index in [2.05, 4.69) is 26.7 Å². The maximum absolute atomic E-state index is 12.3. The number of thioether (sulfide) groups is 1. The zero-order valence-electron chi connectivity index (χ0n) is 15.0. The maximum Gasteiger partial charge on any atom is 0.234 e. The van der Waals surface area contributed by atoms with Crippen molar-refractivity contribution in [3.05, 3.63) is 42.7 Å². The number of anilines is 1. The highest BCUT2D eigenvalue weighted by molar-refractivity contribution is 7.99. The van der Waals surface area contributed by atoms with Crippen molar-refractivity contribution >= 4 is 23.4 Å². The molecule has 138 valence electrons. The minimum atomic E-state index is -0.0844. The lowest BCUT2D eigenvalue weighted by atomic mass is 10.1. The van der Waals surface area contributed by atoms with Crippen LogP contribution in [-0.2, 0) is 11.3 Å². The molecule has 0 atom stereocenters. The first-order valence-electron chi connectivity index (χ1n) is 8.82. The van der Waals surface area contributed by atoms with Crippen LogP contribution >= 0.6 is 11.8 Å². The molecule has 0 spiro atoms. The van der Waals surface area contributed by atoms with Gasteiger partial charge in [-0.3, -0.25) is 4.79 Å². The van der Waals surface area contributed by atoms with Gasteiger partial charge in [-0.25, -0.2) is 0 Å². The number of rotatable bonds is 8. The molecular formula is C19H24N4O2S. The van der Waals surface area contributed by atoms with E-state index in [9.17, 15) is 4.79 Å². The van der Waals surface area contributed by atoms with Crippen LogP contribution in [0.25, 0.3) is 0 Å². The van der Waals surface area contributed by atoms with Gasteiger partial charge in [-0.2, -0.15) is 0 Å². The lowest BCUT2D eigenvalue weighted by Gasteiger charge is -2.12. The third-order valence-electron chi connectivity index (χ3n) is 4.46. The minimum absolute atomic E-state index is 0.0844. The number of hydrogen-bond donors (Lipinski definition) is 1. The molecule has 1 amide bonds. The number of benzene rings is 1. The summed E-state index contributed by atoms with van der Waals surface area (Å²) in [5.74, 6) is 2.40. The number of ether oxygens (including phenoxy) is 1. The number of nitrogens with one attached hydrogen (secondary N) is 1. The van der Waals surface area contributed by atoms with Gasteiger partial charge in [0.15, 0.2) is 5.16 Å². The second-order valence-corrected chi connectivity index (χ2v) is 7.23. The van der Waals surface area contributed by atoms with E-state index in [0.29, 0.717) is 23.9 Å². The van der Waals surface area contributed by atoms with E-state index in [1.807, 2.05) is 24.3 Å². The Morgan fingerprint density at radius 1 is 1.42 bits per heavy atom. The number of amides is 1. The van der Waals surface area contributed by atoms with Crippen molar-refractivity contribution in [2.24, 2.45) is 0 Å². The minimum Gasteiger partial charge on any atom is -0.497 e. The average Bonchev–Trinajstić information content (AvgIpc) is 3.30. The molecule has 0 unspecified atom stereocenters. The Morgan fingerprint density at radius 2 is 2.23 bits per heavy atom. The van der Waals surface area contributed by atoms with Gasteiger partial charge in [-0.05, 0) is 25.0 Å². The van der Waals surface area contributed by atoms with Crippen molar-refractivity contribution in [2.45, 2.75) is 43.3 Å². The average molecular weight is 372 g/mol. The first-order valence-corrected chi connectivity index (χ1v) is 9.80. The molecule has 0 radical (unpaired) electrons. The van der Waals surface area contributed by atoms with Crippen LogP contribution in [0.1, 0.15) is 37.4 Å². The fraction of sp³-hybridized carbons (Fsp3) is 0.421. The fourth-order valence-electron chi connectivity index (χ4n) is 3.22. The SMILES string of the molecule is C=CCn1c(SCC(=O)Nc2cccc(OC)c2)nnc1C1CCCC1. The topological polar surface area (TPSA) is 69.0 Å². The monoisotopic (exact) mass is 372 g/mol. The molecule has 6 nitrogen and oxygen atoms in total. The number of carbonyl (C=O) groups excluding carboxylic acids is 1. The van der Waals surface area contributed by atoms with Crippen molar-refractivity contribution in [1.29, 1.82) is 0 Å². The molecule has 0 bridgehead atoms. The van der Waals surface area contributed by atoms with Crippen LogP contribution in [0.5, 0.6) is 5.75 Å². The highest BCUT2D eigenvalue weighted by atomic mass is 32.2. The van der Waals surface area contributed by atoms with Crippen LogP contribution in [0.3, 0.4) is 0 Å². The second kappa shape index (κ2) is 8.89. The fourth-order valence-corrected chi connectivity index (χ4v) is 3.98. The molecule has 0 saturated heterocycles. The van der Waals surface area contributed by atoms with E-state index in [-0.39, 0.29) is 11.7 Å². The molecule has 1 N–H and O–H groups in total. The molecule has 1 aromatic carbocycles. The standard InChI is InChI=1S/C19H24N4O2S/c1-3-11-23-18(14-7-4-5-8-14)21-22-19(23)26-13-17(24)20-15-9-6-10-16(12-15)25-2/h3,6,9-10,12,14H,1,4-5,7-8,11,13H2,2H3,(H,20,24). The van der Waals surface area contributed by atoms with Gasteiger partial charge in [0.1, 0.15) is 11.6 Å². The number of hydrogen-bond acceptors (Lipinski definition) is 5. The van der Waals surface area contributed by atoms with Crippen LogP contribution in [0.4, 0.5) is 5.69 Å². The Balaban J connectivity index is 1.63. The van der Waals surface area contributed by atoms with E-state index in [0.717, 1.165) is 23.8 Å². The van der Waals surface area contributed by atoms with Gasteiger partial charge in [0.05, 0.1) is 12.9 Å². The molecule has 1 saturated carbocycles. The summed E-state index contributed by atoms with van der Waals surface area (Å²) < 4.78 is 7.26. The molecule has 1 aliphatic rings. The van der Waals surface area contributed by atoms with E-state index in [1.165, 1.54) is 24.6 Å². The van der Waals surface area contributed by atoms with Crippen molar-refractivity contribution in [2.75, 3.05) is 18.2 Å². The summed E-state index contributed by atoms with van der Waals surface area (Å²) in [5.41, 5.74) is 0.717. The lowest BCUT2D eigenvalue weighted by molar-refractivity contribution is -0.113. The molecular weight excluding hydrogens is 348 g/mol. The van der Waals surface area contributed by atoms with Crippen molar-refractivity contribution in [1.82, 2.24) is 14.8 Å².